The van der Waals surface area contributed by atoms with Crippen molar-refractivity contribution in [1.29, 1.82) is 5.26 Å². The molecule has 1 unspecified atom stereocenters. The maximum Gasteiger partial charge on any atom is 0.257 e. The summed E-state index contributed by atoms with van der Waals surface area (Å²) < 4.78 is 16.8. The van der Waals surface area contributed by atoms with Crippen molar-refractivity contribution in [2.24, 2.45) is 0 Å². The topological polar surface area (TPSA) is 81.2 Å². The molecular formula is C18H15N3O3. The van der Waals surface area contributed by atoms with E-state index in [2.05, 4.69) is 16.3 Å². The summed E-state index contributed by atoms with van der Waals surface area (Å²) in [6, 6.07) is 16.5. The maximum atomic E-state index is 8.94. The van der Waals surface area contributed by atoms with Gasteiger partial charge in [0.05, 0.1) is 18.7 Å². The lowest BCUT2D eigenvalue weighted by molar-refractivity contribution is 0.182. The fourth-order valence-corrected chi connectivity index (χ4v) is 2.17. The van der Waals surface area contributed by atoms with E-state index >= 15 is 0 Å². The number of benzene rings is 2. The van der Waals surface area contributed by atoms with Gasteiger partial charge >= 0.3 is 0 Å². The lowest BCUT2D eigenvalue weighted by Crippen LogP contribution is -2.04. The fraction of sp³-hybridized carbons (Fsp3) is 0.167. The van der Waals surface area contributed by atoms with Crippen molar-refractivity contribution >= 4 is 0 Å². The van der Waals surface area contributed by atoms with E-state index < -0.39 is 6.10 Å². The number of aromatic nitrogens is 2. The number of hydrogen-bond donors (Lipinski definition) is 0. The maximum absolute atomic E-state index is 8.94. The molecule has 1 aromatic heterocycles. The van der Waals surface area contributed by atoms with Crippen molar-refractivity contribution in [3.63, 3.8) is 0 Å². The molecule has 0 aliphatic rings. The molecule has 0 bridgehead atoms. The second kappa shape index (κ2) is 6.84. The normalized spacial score (nSPS) is 11.5. The molecule has 0 aliphatic heterocycles. The van der Waals surface area contributed by atoms with Crippen LogP contribution in [-0.4, -0.2) is 17.3 Å². The van der Waals surface area contributed by atoms with Crippen LogP contribution in [0, 0.1) is 11.3 Å². The minimum Gasteiger partial charge on any atom is -0.493 e. The molecule has 0 amide bonds. The highest BCUT2D eigenvalue weighted by Gasteiger charge is 2.18. The van der Waals surface area contributed by atoms with Crippen LogP contribution < -0.4 is 9.47 Å². The van der Waals surface area contributed by atoms with Gasteiger partial charge in [0.15, 0.2) is 17.6 Å². The zero-order chi connectivity index (χ0) is 16.9. The average molecular weight is 321 g/mol. The van der Waals surface area contributed by atoms with Crippen LogP contribution in [0.3, 0.4) is 0 Å². The van der Waals surface area contributed by atoms with Crippen molar-refractivity contribution in [2.45, 2.75) is 13.0 Å². The van der Waals surface area contributed by atoms with Crippen molar-refractivity contribution in [2.75, 3.05) is 7.11 Å². The molecule has 6 heteroatoms. The van der Waals surface area contributed by atoms with Crippen LogP contribution in [0.4, 0.5) is 0 Å². The van der Waals surface area contributed by atoms with Crippen LogP contribution in [0.2, 0.25) is 0 Å². The Morgan fingerprint density at radius 2 is 1.88 bits per heavy atom. The van der Waals surface area contributed by atoms with Gasteiger partial charge in [0.1, 0.15) is 0 Å². The van der Waals surface area contributed by atoms with E-state index in [9.17, 15) is 0 Å². The summed E-state index contributed by atoms with van der Waals surface area (Å²) in [6.45, 7) is 1.81. The Labute approximate surface area is 139 Å². The zero-order valence-corrected chi connectivity index (χ0v) is 13.3. The molecule has 120 valence electrons. The van der Waals surface area contributed by atoms with Gasteiger partial charge in [-0.2, -0.15) is 5.26 Å². The number of ether oxygens (including phenoxy) is 2. The van der Waals surface area contributed by atoms with Gasteiger partial charge in [-0.3, -0.25) is 0 Å². The highest BCUT2D eigenvalue weighted by Crippen LogP contribution is 2.32. The highest BCUT2D eigenvalue weighted by molar-refractivity contribution is 5.51. The van der Waals surface area contributed by atoms with E-state index in [0.717, 1.165) is 5.56 Å². The molecule has 0 saturated heterocycles. The highest BCUT2D eigenvalue weighted by atomic mass is 16.5. The molecule has 0 aliphatic carbocycles. The monoisotopic (exact) mass is 321 g/mol. The second-order valence-corrected chi connectivity index (χ2v) is 5.05. The van der Waals surface area contributed by atoms with Crippen molar-refractivity contribution in [3.8, 4) is 29.0 Å². The van der Waals surface area contributed by atoms with Gasteiger partial charge in [-0.1, -0.05) is 18.2 Å². The van der Waals surface area contributed by atoms with Crippen molar-refractivity contribution < 1.29 is 13.9 Å². The molecule has 3 aromatic rings. The largest absolute Gasteiger partial charge is 0.493 e. The molecule has 1 atom stereocenters. The van der Waals surface area contributed by atoms with Gasteiger partial charge < -0.3 is 13.9 Å². The van der Waals surface area contributed by atoms with Crippen LogP contribution in [0.5, 0.6) is 11.5 Å². The first-order valence-electron chi connectivity index (χ1n) is 7.35. The van der Waals surface area contributed by atoms with Crippen LogP contribution in [-0.2, 0) is 0 Å². The Bertz CT molecular complexity index is 869. The number of methoxy groups -OCH3 is 1. The SMILES string of the molecule is COc1cc(C#N)ccc1OC(C)c1nnc(-c2ccccc2)o1. The molecule has 3 rings (SSSR count). The van der Waals surface area contributed by atoms with E-state index in [4.69, 9.17) is 19.2 Å². The first kappa shape index (κ1) is 15.6. The zero-order valence-electron chi connectivity index (χ0n) is 13.3. The molecular weight excluding hydrogens is 306 g/mol. The number of nitrogens with zero attached hydrogens (tertiary/aromatic N) is 3. The summed E-state index contributed by atoms with van der Waals surface area (Å²) in [5.74, 6) is 1.78. The Morgan fingerprint density at radius 3 is 2.58 bits per heavy atom. The minimum atomic E-state index is -0.461. The summed E-state index contributed by atoms with van der Waals surface area (Å²) in [4.78, 5) is 0. The lowest BCUT2D eigenvalue weighted by atomic mass is 10.2. The summed E-state index contributed by atoms with van der Waals surface area (Å²) in [7, 11) is 1.52. The summed E-state index contributed by atoms with van der Waals surface area (Å²) in [6.07, 6.45) is -0.461. The Hall–Kier alpha value is -3.33. The standard InChI is InChI=1S/C18H15N3O3/c1-12(23-15-9-8-13(11-19)10-16(15)22-2)17-20-21-18(24-17)14-6-4-3-5-7-14/h3-10,12H,1-2H3. The van der Waals surface area contributed by atoms with E-state index in [1.807, 2.05) is 30.3 Å². The first-order valence-corrected chi connectivity index (χ1v) is 7.35. The third kappa shape index (κ3) is 3.20. The number of hydrogen-bond acceptors (Lipinski definition) is 6. The van der Waals surface area contributed by atoms with Crippen LogP contribution in [0.1, 0.15) is 24.5 Å². The molecule has 2 aromatic carbocycles. The van der Waals surface area contributed by atoms with E-state index in [1.54, 1.807) is 25.1 Å². The number of nitriles is 1. The summed E-state index contributed by atoms with van der Waals surface area (Å²) in [5.41, 5.74) is 1.34. The predicted molar refractivity (Wildman–Crippen MR) is 86.5 cm³/mol. The lowest BCUT2D eigenvalue weighted by Gasteiger charge is -2.14. The molecule has 0 spiro atoms. The first-order chi connectivity index (χ1) is 11.7. The van der Waals surface area contributed by atoms with E-state index in [0.29, 0.717) is 28.8 Å². The molecule has 0 N–H and O–H groups in total. The Kier molecular flexibility index (Phi) is 4.43. The predicted octanol–water partition coefficient (Wildman–Crippen LogP) is 3.76. The number of rotatable bonds is 5. The average Bonchev–Trinajstić information content (AvgIpc) is 3.13. The smallest absolute Gasteiger partial charge is 0.257 e. The quantitative estimate of drug-likeness (QED) is 0.711. The van der Waals surface area contributed by atoms with Gasteiger partial charge in [-0.15, -0.1) is 10.2 Å². The molecule has 0 saturated carbocycles. The second-order valence-electron chi connectivity index (χ2n) is 5.05. The third-order valence-corrected chi connectivity index (χ3v) is 3.41. The van der Waals surface area contributed by atoms with Crippen LogP contribution in [0.15, 0.2) is 52.9 Å². The van der Waals surface area contributed by atoms with Gasteiger partial charge in [0, 0.05) is 11.6 Å². The molecule has 6 nitrogen and oxygen atoms in total. The minimum absolute atomic E-state index is 0.361. The Morgan fingerprint density at radius 1 is 1.08 bits per heavy atom. The summed E-state index contributed by atoms with van der Waals surface area (Å²) in [5, 5.41) is 17.0. The van der Waals surface area contributed by atoms with Gasteiger partial charge in [0.2, 0.25) is 5.89 Å². The molecule has 0 fully saturated rings. The fourth-order valence-electron chi connectivity index (χ4n) is 2.17. The van der Waals surface area contributed by atoms with E-state index in [1.165, 1.54) is 7.11 Å². The van der Waals surface area contributed by atoms with Crippen molar-refractivity contribution in [1.82, 2.24) is 10.2 Å². The van der Waals surface area contributed by atoms with Gasteiger partial charge in [-0.25, -0.2) is 0 Å². The van der Waals surface area contributed by atoms with Crippen LogP contribution >= 0.6 is 0 Å². The van der Waals surface area contributed by atoms with Gasteiger partial charge in [-0.05, 0) is 31.2 Å². The molecule has 0 radical (unpaired) electrons. The van der Waals surface area contributed by atoms with Crippen LogP contribution in [0.25, 0.3) is 11.5 Å². The summed E-state index contributed by atoms with van der Waals surface area (Å²) >= 11 is 0. The Balaban J connectivity index is 1.80. The van der Waals surface area contributed by atoms with Gasteiger partial charge in [0.25, 0.3) is 5.89 Å². The van der Waals surface area contributed by atoms with Crippen molar-refractivity contribution in [3.05, 3.63) is 60.0 Å². The molecule has 24 heavy (non-hydrogen) atoms. The molecule has 1 heterocycles. The van der Waals surface area contributed by atoms with E-state index in [-0.39, 0.29) is 0 Å². The third-order valence-electron chi connectivity index (χ3n) is 3.41.